The summed E-state index contributed by atoms with van der Waals surface area (Å²) in [5.41, 5.74) is 0. The molecule has 1 rings (SSSR count). The molecule has 15 heavy (non-hydrogen) atoms. The molecule has 0 aromatic rings. The topological polar surface area (TPSA) is 60.8 Å². The minimum absolute atomic E-state index is 0.0117. The maximum atomic E-state index is 4.34. The highest BCUT2D eigenvalue weighted by molar-refractivity contribution is 5.99. The number of unbranched alkanes of at least 4 members (excludes halogenated alkanes) is 2. The van der Waals surface area contributed by atoms with Crippen molar-refractivity contribution >= 4 is 11.9 Å². The Bertz CT molecular complexity index is 246. The van der Waals surface area contributed by atoms with E-state index in [1.165, 1.54) is 19.3 Å². The molecule has 0 fully saturated rings. The molecule has 0 saturated heterocycles. The smallest absolute Gasteiger partial charge is 0.200 e. The van der Waals surface area contributed by atoms with Crippen LogP contribution in [-0.4, -0.2) is 31.7 Å². The van der Waals surface area contributed by atoms with Gasteiger partial charge in [-0.3, -0.25) is 5.32 Å². The van der Waals surface area contributed by atoms with Gasteiger partial charge in [-0.25, -0.2) is 9.98 Å². The van der Waals surface area contributed by atoms with Gasteiger partial charge in [-0.2, -0.15) is 0 Å². The fourth-order valence-electron chi connectivity index (χ4n) is 1.38. The van der Waals surface area contributed by atoms with Crippen LogP contribution < -0.4 is 16.0 Å². The first-order valence-corrected chi connectivity index (χ1v) is 5.60. The van der Waals surface area contributed by atoms with Crippen LogP contribution in [-0.2, 0) is 0 Å². The second-order valence-electron chi connectivity index (χ2n) is 3.60. The van der Waals surface area contributed by atoms with Crippen molar-refractivity contribution in [2.45, 2.75) is 39.3 Å². The van der Waals surface area contributed by atoms with Crippen LogP contribution in [0, 0.1) is 0 Å². The van der Waals surface area contributed by atoms with E-state index in [2.05, 4.69) is 32.9 Å². The lowest BCUT2D eigenvalue weighted by Gasteiger charge is -2.19. The summed E-state index contributed by atoms with van der Waals surface area (Å²) in [5, 5.41) is 9.34. The third kappa shape index (κ3) is 4.18. The first-order valence-electron chi connectivity index (χ1n) is 5.60. The average molecular weight is 211 g/mol. The second kappa shape index (κ2) is 6.27. The van der Waals surface area contributed by atoms with Crippen molar-refractivity contribution < 1.29 is 0 Å². The normalized spacial score (nSPS) is 20.1. The van der Waals surface area contributed by atoms with E-state index in [-0.39, 0.29) is 6.17 Å². The number of hydrogen-bond donors (Lipinski definition) is 3. The Morgan fingerprint density at radius 1 is 1.27 bits per heavy atom. The monoisotopic (exact) mass is 211 g/mol. The van der Waals surface area contributed by atoms with Crippen LogP contribution in [0.3, 0.4) is 0 Å². The predicted molar refractivity (Wildman–Crippen MR) is 64.1 cm³/mol. The highest BCUT2D eigenvalue weighted by Crippen LogP contribution is 1.97. The standard InChI is InChI=1S/C10H21N5/c1-4-5-6-7-12-10-14-8(2)13-9(11-3)15-10/h8H,4-7H2,1-3H3,(H3,11,12,13,14,15). The molecule has 0 aromatic heterocycles. The van der Waals surface area contributed by atoms with E-state index in [1.807, 2.05) is 14.0 Å². The highest BCUT2D eigenvalue weighted by Gasteiger charge is 2.10. The molecular formula is C10H21N5. The summed E-state index contributed by atoms with van der Waals surface area (Å²) in [5.74, 6) is 1.59. The summed E-state index contributed by atoms with van der Waals surface area (Å²) in [6.45, 7) is 5.12. The number of nitrogens with one attached hydrogen (secondary N) is 3. The van der Waals surface area contributed by atoms with Gasteiger partial charge in [0.05, 0.1) is 0 Å². The summed E-state index contributed by atoms with van der Waals surface area (Å²) in [4.78, 5) is 8.61. The zero-order chi connectivity index (χ0) is 11.1. The molecule has 0 bridgehead atoms. The van der Waals surface area contributed by atoms with E-state index in [0.29, 0.717) is 0 Å². The van der Waals surface area contributed by atoms with Gasteiger partial charge in [-0.15, -0.1) is 0 Å². The molecule has 5 heteroatoms. The van der Waals surface area contributed by atoms with Gasteiger partial charge >= 0.3 is 0 Å². The molecule has 0 aromatic carbocycles. The Hall–Kier alpha value is -1.26. The molecule has 1 unspecified atom stereocenters. The molecule has 1 heterocycles. The molecular weight excluding hydrogens is 190 g/mol. The van der Waals surface area contributed by atoms with Gasteiger partial charge < -0.3 is 10.6 Å². The molecule has 1 aliphatic rings. The van der Waals surface area contributed by atoms with E-state index < -0.39 is 0 Å². The van der Waals surface area contributed by atoms with Crippen molar-refractivity contribution in [2.75, 3.05) is 13.6 Å². The first kappa shape index (κ1) is 11.8. The number of guanidine groups is 2. The Morgan fingerprint density at radius 2 is 2.00 bits per heavy atom. The van der Waals surface area contributed by atoms with Crippen molar-refractivity contribution in [3.05, 3.63) is 0 Å². The second-order valence-corrected chi connectivity index (χ2v) is 3.60. The molecule has 0 aliphatic carbocycles. The fourth-order valence-corrected chi connectivity index (χ4v) is 1.38. The summed E-state index contributed by atoms with van der Waals surface area (Å²) in [6.07, 6.45) is 3.66. The molecule has 0 saturated carbocycles. The first-order chi connectivity index (χ1) is 7.26. The maximum absolute atomic E-state index is 4.34. The van der Waals surface area contributed by atoms with Crippen molar-refractivity contribution in [1.29, 1.82) is 0 Å². The molecule has 1 aliphatic heterocycles. The van der Waals surface area contributed by atoms with Gasteiger partial charge in [-0.05, 0) is 13.3 Å². The summed E-state index contributed by atoms with van der Waals surface area (Å²) in [7, 11) is 1.85. The van der Waals surface area contributed by atoms with Crippen LogP contribution in [0.1, 0.15) is 33.1 Å². The summed E-state index contributed by atoms with van der Waals surface area (Å²) in [6, 6.07) is 0. The van der Waals surface area contributed by atoms with Crippen LogP contribution in [0.5, 0.6) is 0 Å². The third-order valence-electron chi connectivity index (χ3n) is 2.18. The van der Waals surface area contributed by atoms with Gasteiger partial charge in [0, 0.05) is 13.6 Å². The van der Waals surface area contributed by atoms with Gasteiger partial charge in [0.2, 0.25) is 0 Å². The largest absolute Gasteiger partial charge is 0.359 e. The third-order valence-corrected chi connectivity index (χ3v) is 2.18. The quantitative estimate of drug-likeness (QED) is 0.598. The van der Waals surface area contributed by atoms with E-state index in [1.54, 1.807) is 0 Å². The lowest BCUT2D eigenvalue weighted by Crippen LogP contribution is -2.49. The molecule has 0 spiro atoms. The Labute approximate surface area is 91.5 Å². The fraction of sp³-hybridized carbons (Fsp3) is 0.800. The van der Waals surface area contributed by atoms with Crippen molar-refractivity contribution in [3.8, 4) is 0 Å². The SMILES string of the molecule is CCCCCNC1=NC(C)N=C(NC)N1. The van der Waals surface area contributed by atoms with Crippen LogP contribution in [0.25, 0.3) is 0 Å². The van der Waals surface area contributed by atoms with Gasteiger partial charge in [-0.1, -0.05) is 19.8 Å². The predicted octanol–water partition coefficient (Wildman–Crippen LogP) is 0.647. The van der Waals surface area contributed by atoms with E-state index in [0.717, 1.165) is 18.5 Å². The van der Waals surface area contributed by atoms with Gasteiger partial charge in [0.1, 0.15) is 6.17 Å². The zero-order valence-electron chi connectivity index (χ0n) is 9.80. The number of nitrogens with zero attached hydrogens (tertiary/aromatic N) is 2. The van der Waals surface area contributed by atoms with E-state index in [9.17, 15) is 0 Å². The van der Waals surface area contributed by atoms with Crippen molar-refractivity contribution in [3.63, 3.8) is 0 Å². The number of hydrogen-bond acceptors (Lipinski definition) is 5. The van der Waals surface area contributed by atoms with Crippen LogP contribution in [0.4, 0.5) is 0 Å². The molecule has 5 nitrogen and oxygen atoms in total. The van der Waals surface area contributed by atoms with Crippen molar-refractivity contribution in [1.82, 2.24) is 16.0 Å². The van der Waals surface area contributed by atoms with Crippen LogP contribution >= 0.6 is 0 Å². The van der Waals surface area contributed by atoms with Gasteiger partial charge in [0.15, 0.2) is 11.9 Å². The molecule has 0 amide bonds. The number of rotatable bonds is 4. The summed E-state index contributed by atoms with van der Waals surface area (Å²) >= 11 is 0. The number of aliphatic imine (C=N–C) groups is 2. The molecule has 3 N–H and O–H groups in total. The van der Waals surface area contributed by atoms with E-state index >= 15 is 0 Å². The van der Waals surface area contributed by atoms with Crippen molar-refractivity contribution in [2.24, 2.45) is 9.98 Å². The van der Waals surface area contributed by atoms with E-state index in [4.69, 9.17) is 0 Å². The molecule has 0 radical (unpaired) electrons. The Morgan fingerprint density at radius 3 is 2.67 bits per heavy atom. The van der Waals surface area contributed by atoms with Gasteiger partial charge in [0.25, 0.3) is 0 Å². The lowest BCUT2D eigenvalue weighted by atomic mass is 10.2. The minimum Gasteiger partial charge on any atom is -0.359 e. The Kier molecular flexibility index (Phi) is 4.93. The van der Waals surface area contributed by atoms with Crippen LogP contribution in [0.15, 0.2) is 9.98 Å². The zero-order valence-corrected chi connectivity index (χ0v) is 9.80. The minimum atomic E-state index is -0.0117. The maximum Gasteiger partial charge on any atom is 0.200 e. The lowest BCUT2D eigenvalue weighted by molar-refractivity contribution is 0.675. The average Bonchev–Trinajstić information content (AvgIpc) is 2.23. The highest BCUT2D eigenvalue weighted by atomic mass is 15.3. The van der Waals surface area contributed by atoms with Crippen LogP contribution in [0.2, 0.25) is 0 Å². The Balaban J connectivity index is 2.30. The summed E-state index contributed by atoms with van der Waals surface area (Å²) < 4.78 is 0. The molecule has 1 atom stereocenters. The molecule has 86 valence electrons.